The minimum absolute atomic E-state index is 0. The van der Waals surface area contributed by atoms with Gasteiger partial charge in [-0.3, -0.25) is 19.2 Å². The van der Waals surface area contributed by atoms with Crippen LogP contribution in [-0.2, 0) is 29.0 Å². The fourth-order valence-corrected chi connectivity index (χ4v) is 4.34. The third-order valence-corrected chi connectivity index (χ3v) is 6.96. The molecule has 0 aromatic rings. The first kappa shape index (κ1) is 46.0. The van der Waals surface area contributed by atoms with Crippen LogP contribution in [0.15, 0.2) is 0 Å². The summed E-state index contributed by atoms with van der Waals surface area (Å²) in [5.74, 6) is -1.19. The van der Waals surface area contributed by atoms with Crippen molar-refractivity contribution in [2.45, 2.75) is 168 Å². The fourth-order valence-electron chi connectivity index (χ4n) is 4.34. The van der Waals surface area contributed by atoms with E-state index in [1.54, 1.807) is 0 Å². The first-order valence-electron chi connectivity index (χ1n) is 16.6. The Morgan fingerprint density at radius 1 is 0.442 bits per heavy atom. The summed E-state index contributed by atoms with van der Waals surface area (Å²) in [6, 6.07) is 0. The molecule has 2 N–H and O–H groups in total. The maximum Gasteiger partial charge on any atom is 2.00 e. The van der Waals surface area contributed by atoms with Crippen LogP contribution in [0.25, 0.3) is 0 Å². The molecule has 43 heavy (non-hydrogen) atoms. The van der Waals surface area contributed by atoms with E-state index in [0.29, 0.717) is 38.8 Å². The summed E-state index contributed by atoms with van der Waals surface area (Å²) in [5.41, 5.74) is 0. The maximum absolute atomic E-state index is 11.5. The van der Waals surface area contributed by atoms with Crippen molar-refractivity contribution in [2.24, 2.45) is 0 Å². The Morgan fingerprint density at radius 2 is 0.721 bits per heavy atom. The number of amides is 2. The van der Waals surface area contributed by atoms with Crippen molar-refractivity contribution in [3.8, 4) is 0 Å². The van der Waals surface area contributed by atoms with Crippen LogP contribution in [0.5, 0.6) is 0 Å². The second-order valence-corrected chi connectivity index (χ2v) is 11.0. The average Bonchev–Trinajstić information content (AvgIpc) is 2.99. The molecule has 0 aliphatic carbocycles. The van der Waals surface area contributed by atoms with Crippen LogP contribution in [0, 0.1) is 0 Å². The number of unbranched alkanes of at least 4 members (excludes halogenated alkanes) is 16. The summed E-state index contributed by atoms with van der Waals surface area (Å²) in [4.78, 5) is 50.9. The molecule has 0 unspecified atom stereocenters. The van der Waals surface area contributed by atoms with E-state index >= 15 is 0 Å². The van der Waals surface area contributed by atoms with E-state index in [-0.39, 0.29) is 47.7 Å². The van der Waals surface area contributed by atoms with E-state index in [0.717, 1.165) is 51.4 Å². The predicted molar refractivity (Wildman–Crippen MR) is 166 cm³/mol. The molecule has 11 heteroatoms. The summed E-state index contributed by atoms with van der Waals surface area (Å²) < 4.78 is 0. The zero-order valence-electron chi connectivity index (χ0n) is 27.4. The van der Waals surface area contributed by atoms with E-state index < -0.39 is 11.9 Å². The van der Waals surface area contributed by atoms with Crippen molar-refractivity contribution in [3.63, 3.8) is 0 Å². The summed E-state index contributed by atoms with van der Waals surface area (Å²) >= 11 is 0. The fraction of sp³-hybridized carbons (Fsp3) is 0.875. The van der Waals surface area contributed by atoms with Crippen LogP contribution in [0.1, 0.15) is 168 Å². The summed E-state index contributed by atoms with van der Waals surface area (Å²) in [6.07, 6.45) is 23.1. The summed E-state index contributed by atoms with van der Waals surface area (Å²) in [5, 5.41) is 25.2. The third-order valence-electron chi connectivity index (χ3n) is 6.96. The number of hydrogen-bond donors (Lipinski definition) is 2. The molecule has 0 bridgehead atoms. The Labute approximate surface area is 277 Å². The van der Waals surface area contributed by atoms with Crippen LogP contribution in [0.4, 0.5) is 0 Å². The molecule has 0 radical (unpaired) electrons. The van der Waals surface area contributed by atoms with Crippen molar-refractivity contribution in [3.05, 3.63) is 0 Å². The Morgan fingerprint density at radius 3 is 1.05 bits per heavy atom. The normalized spacial score (nSPS) is 10.1. The maximum atomic E-state index is 11.5. The van der Waals surface area contributed by atoms with Crippen LogP contribution in [0.2, 0.25) is 0 Å². The van der Waals surface area contributed by atoms with Crippen LogP contribution >= 0.6 is 0 Å². The first-order chi connectivity index (χ1) is 20.4. The van der Waals surface area contributed by atoms with Crippen LogP contribution < -0.4 is 21.1 Å². The minimum Gasteiger partial charge on any atom is -0.662 e. The van der Waals surface area contributed by atoms with Crippen molar-refractivity contribution >= 4 is 46.8 Å². The van der Waals surface area contributed by atoms with E-state index in [2.05, 4.69) is 34.3 Å². The van der Waals surface area contributed by atoms with Gasteiger partial charge in [-0.2, -0.15) is 0 Å². The average molecular weight is 625 g/mol. The number of nitrogens with one attached hydrogen (secondary N) is 2. The van der Waals surface area contributed by atoms with Gasteiger partial charge >= 0.3 is 23.1 Å². The van der Waals surface area contributed by atoms with Gasteiger partial charge in [-0.1, -0.05) is 104 Å². The molecule has 0 aromatic carbocycles. The molecule has 0 atom stereocenters. The van der Waals surface area contributed by atoms with Crippen LogP contribution in [0.3, 0.4) is 0 Å². The second kappa shape index (κ2) is 38.6. The number of hydrogen-bond acceptors (Lipinski definition) is 8. The second-order valence-electron chi connectivity index (χ2n) is 11.0. The van der Waals surface area contributed by atoms with E-state index in [9.17, 15) is 29.7 Å². The third kappa shape index (κ3) is 40.6. The van der Waals surface area contributed by atoms with Gasteiger partial charge in [0.05, 0.1) is 0 Å². The molecule has 248 valence electrons. The van der Waals surface area contributed by atoms with Crippen molar-refractivity contribution in [1.29, 1.82) is 0 Å². The number of rotatable bonds is 28. The van der Waals surface area contributed by atoms with Gasteiger partial charge in [0.25, 0.3) is 11.9 Å². The Hall–Kier alpha value is -1.43. The monoisotopic (exact) mass is 624 g/mol. The van der Waals surface area contributed by atoms with E-state index in [1.807, 2.05) is 0 Å². The zero-order chi connectivity index (χ0) is 31.5. The van der Waals surface area contributed by atoms with Gasteiger partial charge in [-0.15, -0.1) is 0 Å². The molecule has 0 rings (SSSR count). The minimum atomic E-state index is -0.710. The standard InChI is InChI=1S/2C16H31NO4.Mg/c2*1-2-3-4-5-6-7-9-12-15(18)17-14-11-8-10-13-16(19)21-20;/h2*20H,2-14H2,1H3,(H,17,18);/q;;+2/p-2. The molecule has 0 aliphatic rings. The molecular formula is C32H60MgN2O8. The molecule has 0 saturated carbocycles. The summed E-state index contributed by atoms with van der Waals surface area (Å²) in [6.45, 7) is 5.70. The van der Waals surface area contributed by atoms with Crippen LogP contribution in [-0.4, -0.2) is 59.9 Å². The van der Waals surface area contributed by atoms with Gasteiger partial charge in [0.1, 0.15) is 0 Å². The quantitative estimate of drug-likeness (QED) is 0.0540. The SMILES string of the molecule is CCCCCCCCCC(=O)NCCCCCC(=O)O[O-].CCCCCCCCCC(=O)NCCCCCC(=O)O[O-].[Mg+2]. The topological polar surface area (TPSA) is 157 Å². The Bertz CT molecular complexity index is 599. The van der Waals surface area contributed by atoms with Gasteiger partial charge in [0.15, 0.2) is 0 Å². The number of carbonyl (C=O) groups is 4. The van der Waals surface area contributed by atoms with Gasteiger partial charge in [0, 0.05) is 38.8 Å². The van der Waals surface area contributed by atoms with E-state index in [1.165, 1.54) is 64.2 Å². The Kier molecular flexibility index (Phi) is 41.3. The van der Waals surface area contributed by atoms with Gasteiger partial charge < -0.3 is 30.9 Å². The molecule has 0 heterocycles. The molecule has 0 fully saturated rings. The first-order valence-corrected chi connectivity index (χ1v) is 16.6. The smallest absolute Gasteiger partial charge is 0.662 e. The predicted octanol–water partition coefficient (Wildman–Crippen LogP) is 4.86. The van der Waals surface area contributed by atoms with Gasteiger partial charge in [-0.05, 0) is 38.5 Å². The van der Waals surface area contributed by atoms with Gasteiger partial charge in [0.2, 0.25) is 11.8 Å². The zero-order valence-corrected chi connectivity index (χ0v) is 28.8. The molecular weight excluding hydrogens is 565 g/mol. The van der Waals surface area contributed by atoms with Crippen molar-refractivity contribution < 1.29 is 39.5 Å². The molecule has 0 spiro atoms. The molecule has 0 saturated heterocycles. The molecule has 10 nitrogen and oxygen atoms in total. The summed E-state index contributed by atoms with van der Waals surface area (Å²) in [7, 11) is 0. The molecule has 2 amide bonds. The Balaban J connectivity index is -0.000000727. The van der Waals surface area contributed by atoms with Gasteiger partial charge in [-0.25, -0.2) is 0 Å². The largest absolute Gasteiger partial charge is 2.00 e. The number of carbonyl (C=O) groups excluding carboxylic acids is 4. The van der Waals surface area contributed by atoms with Crippen molar-refractivity contribution in [2.75, 3.05) is 13.1 Å². The van der Waals surface area contributed by atoms with Crippen molar-refractivity contribution in [1.82, 2.24) is 10.6 Å². The van der Waals surface area contributed by atoms with E-state index in [4.69, 9.17) is 0 Å². The molecule has 0 aliphatic heterocycles. The molecule has 0 aromatic heterocycles.